The van der Waals surface area contributed by atoms with Gasteiger partial charge >= 0.3 is 5.97 Å². The number of hydrogen-bond acceptors (Lipinski definition) is 4. The number of carbonyl (C=O) groups is 1. The lowest BCUT2D eigenvalue weighted by molar-refractivity contribution is 0.0600. The lowest BCUT2D eigenvalue weighted by Crippen LogP contribution is -2.01. The summed E-state index contributed by atoms with van der Waals surface area (Å²) in [5.41, 5.74) is 2.29. The van der Waals surface area contributed by atoms with Crippen LogP contribution < -0.4 is 4.74 Å². The first-order chi connectivity index (χ1) is 9.74. The molecule has 2 rings (SSSR count). The highest BCUT2D eigenvalue weighted by atomic mass is 16.5. The van der Waals surface area contributed by atoms with Gasteiger partial charge in [-0.15, -0.1) is 0 Å². The molecule has 0 unspecified atom stereocenters. The van der Waals surface area contributed by atoms with E-state index in [1.807, 2.05) is 24.3 Å². The minimum atomic E-state index is -0.387. The van der Waals surface area contributed by atoms with Crippen LogP contribution in [0.3, 0.4) is 0 Å². The van der Waals surface area contributed by atoms with E-state index in [9.17, 15) is 4.79 Å². The zero-order valence-corrected chi connectivity index (χ0v) is 11.6. The van der Waals surface area contributed by atoms with Gasteiger partial charge in [-0.05, 0) is 30.2 Å². The zero-order valence-electron chi connectivity index (χ0n) is 11.6. The Hall–Kier alpha value is -2.36. The van der Waals surface area contributed by atoms with Crippen molar-refractivity contribution in [1.82, 2.24) is 4.98 Å². The number of nitrogens with zero attached hydrogens (tertiary/aromatic N) is 1. The third kappa shape index (κ3) is 3.35. The van der Waals surface area contributed by atoms with Gasteiger partial charge in [0.1, 0.15) is 5.75 Å². The molecule has 0 radical (unpaired) electrons. The van der Waals surface area contributed by atoms with E-state index in [1.54, 1.807) is 12.3 Å². The predicted molar refractivity (Wildman–Crippen MR) is 76.8 cm³/mol. The Morgan fingerprint density at radius 1 is 1.15 bits per heavy atom. The average Bonchev–Trinajstić information content (AvgIpc) is 2.52. The maximum absolute atomic E-state index is 11.5. The van der Waals surface area contributed by atoms with Crippen LogP contribution in [-0.2, 0) is 4.74 Å². The molecular formula is C16H17NO3. The number of hydrogen-bond donors (Lipinski definition) is 0. The fraction of sp³-hybridized carbons (Fsp3) is 0.250. The van der Waals surface area contributed by atoms with Crippen LogP contribution in [0.1, 0.15) is 23.7 Å². The highest BCUT2D eigenvalue weighted by molar-refractivity contribution is 5.90. The first kappa shape index (κ1) is 14.1. The van der Waals surface area contributed by atoms with Crippen LogP contribution >= 0.6 is 0 Å². The quantitative estimate of drug-likeness (QED) is 0.783. The van der Waals surface area contributed by atoms with E-state index >= 15 is 0 Å². The molecule has 1 aromatic heterocycles. The first-order valence-electron chi connectivity index (χ1n) is 6.51. The molecule has 1 aromatic carbocycles. The second-order valence-electron chi connectivity index (χ2n) is 4.33. The molecule has 1 heterocycles. The van der Waals surface area contributed by atoms with Crippen molar-refractivity contribution in [3.63, 3.8) is 0 Å². The van der Waals surface area contributed by atoms with Gasteiger partial charge in [0.05, 0.1) is 19.3 Å². The SMILES string of the molecule is CCCOc1ccc(-c2cncc(C(=O)OC)c2)cc1. The molecule has 0 amide bonds. The van der Waals surface area contributed by atoms with Gasteiger partial charge in [0, 0.05) is 18.0 Å². The van der Waals surface area contributed by atoms with E-state index in [0.29, 0.717) is 12.2 Å². The molecule has 0 spiro atoms. The van der Waals surface area contributed by atoms with E-state index < -0.39 is 0 Å². The second kappa shape index (κ2) is 6.70. The molecule has 20 heavy (non-hydrogen) atoms. The number of pyridine rings is 1. The van der Waals surface area contributed by atoms with Crippen molar-refractivity contribution in [2.24, 2.45) is 0 Å². The number of aromatic nitrogens is 1. The van der Waals surface area contributed by atoms with Crippen LogP contribution in [0.5, 0.6) is 5.75 Å². The molecule has 0 aliphatic rings. The largest absolute Gasteiger partial charge is 0.494 e. The van der Waals surface area contributed by atoms with Gasteiger partial charge in [0.2, 0.25) is 0 Å². The molecule has 0 aliphatic heterocycles. The van der Waals surface area contributed by atoms with Gasteiger partial charge in [0.15, 0.2) is 0 Å². The molecule has 2 aromatic rings. The molecule has 0 aliphatic carbocycles. The van der Waals surface area contributed by atoms with Gasteiger partial charge in [-0.25, -0.2) is 4.79 Å². The maximum Gasteiger partial charge on any atom is 0.339 e. The standard InChI is InChI=1S/C16H17NO3/c1-3-8-20-15-6-4-12(5-7-15)13-9-14(11-17-10-13)16(18)19-2/h4-7,9-11H,3,8H2,1-2H3. The van der Waals surface area contributed by atoms with Crippen LogP contribution in [0.2, 0.25) is 0 Å². The summed E-state index contributed by atoms with van der Waals surface area (Å²) < 4.78 is 10.2. The van der Waals surface area contributed by atoms with Crippen LogP contribution in [0.25, 0.3) is 11.1 Å². The van der Waals surface area contributed by atoms with Crippen LogP contribution in [-0.4, -0.2) is 24.7 Å². The summed E-state index contributed by atoms with van der Waals surface area (Å²) in [5.74, 6) is 0.454. The maximum atomic E-state index is 11.5. The van der Waals surface area contributed by atoms with Crippen molar-refractivity contribution in [1.29, 1.82) is 0 Å². The Morgan fingerprint density at radius 2 is 1.90 bits per heavy atom. The molecule has 0 N–H and O–H groups in total. The summed E-state index contributed by atoms with van der Waals surface area (Å²) in [4.78, 5) is 15.6. The highest BCUT2D eigenvalue weighted by Crippen LogP contribution is 2.22. The Bertz CT molecular complexity index is 579. The molecule has 4 heteroatoms. The second-order valence-corrected chi connectivity index (χ2v) is 4.33. The van der Waals surface area contributed by atoms with E-state index in [2.05, 4.69) is 11.9 Å². The van der Waals surface area contributed by atoms with Gasteiger partial charge < -0.3 is 9.47 Å². The fourth-order valence-electron chi connectivity index (χ4n) is 1.79. The van der Waals surface area contributed by atoms with Crippen molar-refractivity contribution < 1.29 is 14.3 Å². The van der Waals surface area contributed by atoms with Crippen molar-refractivity contribution in [3.05, 3.63) is 48.3 Å². The number of esters is 1. The summed E-state index contributed by atoms with van der Waals surface area (Å²) in [6, 6.07) is 9.48. The number of ether oxygens (including phenoxy) is 2. The average molecular weight is 271 g/mol. The topological polar surface area (TPSA) is 48.4 Å². The third-order valence-electron chi connectivity index (χ3n) is 2.82. The van der Waals surface area contributed by atoms with Crippen molar-refractivity contribution >= 4 is 5.97 Å². The third-order valence-corrected chi connectivity index (χ3v) is 2.82. The van der Waals surface area contributed by atoms with Crippen LogP contribution in [0.15, 0.2) is 42.7 Å². The molecule has 0 atom stereocenters. The van der Waals surface area contributed by atoms with Gasteiger partial charge in [-0.1, -0.05) is 19.1 Å². The molecular weight excluding hydrogens is 254 g/mol. The summed E-state index contributed by atoms with van der Waals surface area (Å²) in [7, 11) is 1.36. The Kier molecular flexibility index (Phi) is 4.71. The summed E-state index contributed by atoms with van der Waals surface area (Å²) in [6.07, 6.45) is 4.19. The first-order valence-corrected chi connectivity index (χ1v) is 6.51. The van der Waals surface area contributed by atoms with Gasteiger partial charge in [0.25, 0.3) is 0 Å². The van der Waals surface area contributed by atoms with Crippen LogP contribution in [0, 0.1) is 0 Å². The molecule has 0 fully saturated rings. The molecule has 4 nitrogen and oxygen atoms in total. The minimum absolute atomic E-state index is 0.387. The normalized spacial score (nSPS) is 10.1. The number of carbonyl (C=O) groups excluding carboxylic acids is 1. The van der Waals surface area contributed by atoms with Gasteiger partial charge in [-0.2, -0.15) is 0 Å². The smallest absolute Gasteiger partial charge is 0.339 e. The Balaban J connectivity index is 2.21. The van der Waals surface area contributed by atoms with Gasteiger partial charge in [-0.3, -0.25) is 4.98 Å². The van der Waals surface area contributed by atoms with E-state index in [-0.39, 0.29) is 5.97 Å². The fourth-order valence-corrected chi connectivity index (χ4v) is 1.79. The monoisotopic (exact) mass is 271 g/mol. The predicted octanol–water partition coefficient (Wildman–Crippen LogP) is 3.32. The number of benzene rings is 1. The van der Waals surface area contributed by atoms with Crippen molar-refractivity contribution in [2.45, 2.75) is 13.3 Å². The number of methoxy groups -OCH3 is 1. The Morgan fingerprint density at radius 3 is 2.55 bits per heavy atom. The lowest BCUT2D eigenvalue weighted by atomic mass is 10.1. The number of rotatable bonds is 5. The molecule has 0 bridgehead atoms. The summed E-state index contributed by atoms with van der Waals surface area (Å²) in [6.45, 7) is 2.77. The molecule has 0 saturated carbocycles. The van der Waals surface area contributed by atoms with E-state index in [0.717, 1.165) is 23.3 Å². The highest BCUT2D eigenvalue weighted by Gasteiger charge is 2.07. The minimum Gasteiger partial charge on any atom is -0.494 e. The zero-order chi connectivity index (χ0) is 14.4. The van der Waals surface area contributed by atoms with E-state index in [1.165, 1.54) is 13.3 Å². The summed E-state index contributed by atoms with van der Waals surface area (Å²) in [5, 5.41) is 0. The summed E-state index contributed by atoms with van der Waals surface area (Å²) >= 11 is 0. The van der Waals surface area contributed by atoms with Crippen molar-refractivity contribution in [2.75, 3.05) is 13.7 Å². The Labute approximate surface area is 118 Å². The van der Waals surface area contributed by atoms with Crippen LogP contribution in [0.4, 0.5) is 0 Å². The molecule has 104 valence electrons. The van der Waals surface area contributed by atoms with E-state index in [4.69, 9.17) is 9.47 Å². The van der Waals surface area contributed by atoms with Crippen molar-refractivity contribution in [3.8, 4) is 16.9 Å². The lowest BCUT2D eigenvalue weighted by Gasteiger charge is -2.07. The molecule has 0 saturated heterocycles.